The Hall–Kier alpha value is -2.29. The van der Waals surface area contributed by atoms with E-state index in [1.165, 1.54) is 29.5 Å². The molecule has 1 aliphatic heterocycles. The van der Waals surface area contributed by atoms with Crippen LogP contribution in [0.2, 0.25) is 0 Å². The number of carbonyl (C=O) groups excluding carboxylic acids is 1. The second-order valence-electron chi connectivity index (χ2n) is 7.54. The number of aryl methyl sites for hydroxylation is 2. The number of fused-ring (bicyclic) bond motifs is 1. The van der Waals surface area contributed by atoms with Crippen molar-refractivity contribution in [1.29, 1.82) is 0 Å². The number of rotatable bonds is 4. The molecule has 2 aromatic carbocycles. The molecule has 1 fully saturated rings. The van der Waals surface area contributed by atoms with Gasteiger partial charge >= 0.3 is 0 Å². The predicted octanol–water partition coefficient (Wildman–Crippen LogP) is 4.42. The van der Waals surface area contributed by atoms with E-state index in [-0.39, 0.29) is 11.9 Å². The van der Waals surface area contributed by atoms with E-state index in [9.17, 15) is 4.79 Å². The summed E-state index contributed by atoms with van der Waals surface area (Å²) in [4.78, 5) is 15.2. The van der Waals surface area contributed by atoms with Gasteiger partial charge in [0.25, 0.3) is 5.91 Å². The Kier molecular flexibility index (Phi) is 4.96. The summed E-state index contributed by atoms with van der Waals surface area (Å²) >= 11 is 0. The van der Waals surface area contributed by atoms with Gasteiger partial charge in [-0.1, -0.05) is 18.2 Å². The van der Waals surface area contributed by atoms with Crippen molar-refractivity contribution >= 4 is 5.91 Å². The number of methoxy groups -OCH3 is 1. The number of benzene rings is 2. The van der Waals surface area contributed by atoms with Gasteiger partial charge in [0, 0.05) is 18.2 Å². The van der Waals surface area contributed by atoms with E-state index < -0.39 is 0 Å². The number of ether oxygens (including phenoxy) is 1. The largest absolute Gasteiger partial charge is 0.497 e. The molecule has 3 nitrogen and oxygen atoms in total. The highest BCUT2D eigenvalue weighted by Gasteiger charge is 2.30. The topological polar surface area (TPSA) is 29.5 Å². The molecule has 1 amide bonds. The van der Waals surface area contributed by atoms with Gasteiger partial charge in [-0.3, -0.25) is 4.79 Å². The van der Waals surface area contributed by atoms with Crippen LogP contribution in [0.5, 0.6) is 5.75 Å². The summed E-state index contributed by atoms with van der Waals surface area (Å²) in [6, 6.07) is 14.8. The summed E-state index contributed by atoms with van der Waals surface area (Å²) in [5.41, 5.74) is 4.91. The number of hydrogen-bond donors (Lipinski definition) is 0. The van der Waals surface area contributed by atoms with Gasteiger partial charge in [0.1, 0.15) is 5.75 Å². The van der Waals surface area contributed by atoms with Crippen LogP contribution in [-0.4, -0.2) is 30.5 Å². The van der Waals surface area contributed by atoms with Crippen LogP contribution >= 0.6 is 0 Å². The molecule has 0 bridgehead atoms. The van der Waals surface area contributed by atoms with Crippen LogP contribution in [0.15, 0.2) is 42.5 Å². The Labute approximate surface area is 156 Å². The molecule has 136 valence electrons. The molecule has 0 spiro atoms. The monoisotopic (exact) mass is 349 g/mol. The summed E-state index contributed by atoms with van der Waals surface area (Å²) in [5.74, 6) is 1.08. The maximum atomic E-state index is 13.2. The van der Waals surface area contributed by atoms with Gasteiger partial charge < -0.3 is 9.64 Å². The fourth-order valence-corrected chi connectivity index (χ4v) is 4.42. The van der Waals surface area contributed by atoms with Crippen molar-refractivity contribution < 1.29 is 9.53 Å². The fourth-order valence-electron chi connectivity index (χ4n) is 4.42. The van der Waals surface area contributed by atoms with Crippen molar-refractivity contribution in [3.8, 4) is 5.75 Å². The van der Waals surface area contributed by atoms with Crippen molar-refractivity contribution in [3.63, 3.8) is 0 Å². The molecule has 3 heteroatoms. The maximum absolute atomic E-state index is 13.2. The van der Waals surface area contributed by atoms with Gasteiger partial charge in [0.15, 0.2) is 0 Å². The van der Waals surface area contributed by atoms with Gasteiger partial charge in [-0.05, 0) is 85.9 Å². The molecule has 0 saturated carbocycles. The molecule has 1 atom stereocenters. The molecule has 0 N–H and O–H groups in total. The van der Waals surface area contributed by atoms with Crippen molar-refractivity contribution in [1.82, 2.24) is 4.90 Å². The molecule has 1 aliphatic carbocycles. The highest BCUT2D eigenvalue weighted by atomic mass is 16.5. The first kappa shape index (κ1) is 17.1. The summed E-state index contributed by atoms with van der Waals surface area (Å²) in [5, 5.41) is 0. The molecule has 4 rings (SSSR count). The van der Waals surface area contributed by atoms with E-state index in [0.29, 0.717) is 0 Å². The summed E-state index contributed by atoms with van der Waals surface area (Å²) in [7, 11) is 1.70. The van der Waals surface area contributed by atoms with E-state index in [0.717, 1.165) is 50.0 Å². The van der Waals surface area contributed by atoms with Crippen LogP contribution in [0.4, 0.5) is 0 Å². The summed E-state index contributed by atoms with van der Waals surface area (Å²) < 4.78 is 5.34. The minimum atomic E-state index is 0.198. The fraction of sp³-hybridized carbons (Fsp3) is 0.435. The normalized spacial score (nSPS) is 19.3. The zero-order chi connectivity index (χ0) is 17.9. The van der Waals surface area contributed by atoms with Crippen molar-refractivity contribution in [3.05, 3.63) is 64.7 Å². The Balaban J connectivity index is 1.51. The number of nitrogens with zero attached hydrogens (tertiary/aromatic N) is 1. The minimum absolute atomic E-state index is 0.198. The Morgan fingerprint density at radius 1 is 1.08 bits per heavy atom. The Morgan fingerprint density at radius 2 is 1.92 bits per heavy atom. The molecule has 0 radical (unpaired) electrons. The smallest absolute Gasteiger partial charge is 0.254 e. The highest BCUT2D eigenvalue weighted by molar-refractivity contribution is 5.95. The predicted molar refractivity (Wildman–Crippen MR) is 104 cm³/mol. The number of carbonyl (C=O) groups is 1. The molecule has 0 aromatic heterocycles. The van der Waals surface area contributed by atoms with E-state index in [1.54, 1.807) is 7.11 Å². The SMILES string of the molecule is COc1cccc(CC2CCCN2C(=O)c2ccc3c(c2)CCCC3)c1. The zero-order valence-corrected chi connectivity index (χ0v) is 15.5. The van der Waals surface area contributed by atoms with Crippen molar-refractivity contribution in [2.45, 2.75) is 51.0 Å². The van der Waals surface area contributed by atoms with Crippen LogP contribution in [0, 0.1) is 0 Å². The molecule has 1 saturated heterocycles. The first-order valence-electron chi connectivity index (χ1n) is 9.80. The highest BCUT2D eigenvalue weighted by Crippen LogP contribution is 2.27. The first-order valence-corrected chi connectivity index (χ1v) is 9.80. The average molecular weight is 349 g/mol. The third-order valence-corrected chi connectivity index (χ3v) is 5.84. The van der Waals surface area contributed by atoms with Gasteiger partial charge in [-0.15, -0.1) is 0 Å². The standard InChI is InChI=1S/C23H27NO2/c1-26-22-10-4-6-17(15-22)14-21-9-5-13-24(21)23(25)20-12-11-18-7-2-3-8-19(18)16-20/h4,6,10-12,15-16,21H,2-3,5,7-9,13-14H2,1H3. The maximum Gasteiger partial charge on any atom is 0.254 e. The second kappa shape index (κ2) is 7.53. The molecular weight excluding hydrogens is 322 g/mol. The Morgan fingerprint density at radius 3 is 2.77 bits per heavy atom. The Bertz CT molecular complexity index is 799. The van der Waals surface area contributed by atoms with E-state index in [2.05, 4.69) is 29.2 Å². The summed E-state index contributed by atoms with van der Waals surface area (Å²) in [6.45, 7) is 0.866. The lowest BCUT2D eigenvalue weighted by Gasteiger charge is -2.26. The van der Waals surface area contributed by atoms with Crippen molar-refractivity contribution in [2.75, 3.05) is 13.7 Å². The number of hydrogen-bond acceptors (Lipinski definition) is 2. The third kappa shape index (κ3) is 3.48. The molecule has 2 aliphatic rings. The molecular formula is C23H27NO2. The van der Waals surface area contributed by atoms with E-state index in [1.807, 2.05) is 18.2 Å². The van der Waals surface area contributed by atoms with E-state index >= 15 is 0 Å². The number of amides is 1. The van der Waals surface area contributed by atoms with Gasteiger partial charge in [0.2, 0.25) is 0 Å². The lowest BCUT2D eigenvalue weighted by molar-refractivity contribution is 0.0736. The lowest BCUT2D eigenvalue weighted by atomic mass is 9.90. The first-order chi connectivity index (χ1) is 12.7. The molecule has 2 aromatic rings. The quantitative estimate of drug-likeness (QED) is 0.818. The van der Waals surface area contributed by atoms with Crippen LogP contribution in [0.25, 0.3) is 0 Å². The van der Waals surface area contributed by atoms with Gasteiger partial charge in [-0.25, -0.2) is 0 Å². The minimum Gasteiger partial charge on any atom is -0.497 e. The van der Waals surface area contributed by atoms with Gasteiger partial charge in [0.05, 0.1) is 7.11 Å². The average Bonchev–Trinajstić information content (AvgIpc) is 3.15. The molecule has 26 heavy (non-hydrogen) atoms. The van der Waals surface area contributed by atoms with Crippen LogP contribution < -0.4 is 4.74 Å². The van der Waals surface area contributed by atoms with Crippen LogP contribution in [-0.2, 0) is 19.3 Å². The van der Waals surface area contributed by atoms with Crippen LogP contribution in [0.3, 0.4) is 0 Å². The number of likely N-dealkylation sites (tertiary alicyclic amines) is 1. The van der Waals surface area contributed by atoms with Crippen LogP contribution in [0.1, 0.15) is 52.7 Å². The molecule has 1 unspecified atom stereocenters. The molecule has 1 heterocycles. The van der Waals surface area contributed by atoms with Crippen molar-refractivity contribution in [2.24, 2.45) is 0 Å². The second-order valence-corrected chi connectivity index (χ2v) is 7.54. The van der Waals surface area contributed by atoms with E-state index in [4.69, 9.17) is 4.74 Å². The summed E-state index contributed by atoms with van der Waals surface area (Å²) in [6.07, 6.45) is 7.85. The zero-order valence-electron chi connectivity index (χ0n) is 15.5. The third-order valence-electron chi connectivity index (χ3n) is 5.84. The lowest BCUT2D eigenvalue weighted by Crippen LogP contribution is -2.36. The van der Waals surface area contributed by atoms with Gasteiger partial charge in [-0.2, -0.15) is 0 Å².